The standard InChI is InChI=1S/C19H18N6/c1-12-16(13(2)25-24-12)11-21-19-15-7-3-4-8-17(15)22-18(23-19)14-6-5-9-20-10-14/h3-10H,11H2,1-2H3,(H,24,25)(H,21,22,23). The predicted molar refractivity (Wildman–Crippen MR) is 98.2 cm³/mol. The van der Waals surface area contributed by atoms with E-state index in [0.717, 1.165) is 39.2 Å². The van der Waals surface area contributed by atoms with Gasteiger partial charge in [-0.1, -0.05) is 12.1 Å². The third kappa shape index (κ3) is 2.94. The van der Waals surface area contributed by atoms with Crippen LogP contribution in [-0.2, 0) is 6.54 Å². The molecule has 0 radical (unpaired) electrons. The Bertz CT molecular complexity index is 1000. The van der Waals surface area contributed by atoms with Crippen LogP contribution in [0.2, 0.25) is 0 Å². The normalized spacial score (nSPS) is 11.0. The first-order chi connectivity index (χ1) is 12.2. The van der Waals surface area contributed by atoms with Gasteiger partial charge in [0.2, 0.25) is 0 Å². The number of H-pyrrole nitrogens is 1. The molecule has 3 heterocycles. The molecule has 3 aromatic heterocycles. The van der Waals surface area contributed by atoms with Gasteiger partial charge in [0.05, 0.1) is 11.2 Å². The average Bonchev–Trinajstić information content (AvgIpc) is 2.98. The number of benzene rings is 1. The van der Waals surface area contributed by atoms with Crippen LogP contribution in [0.1, 0.15) is 17.0 Å². The summed E-state index contributed by atoms with van der Waals surface area (Å²) < 4.78 is 0. The molecule has 0 bridgehead atoms. The number of nitrogens with one attached hydrogen (secondary N) is 2. The highest BCUT2D eigenvalue weighted by atomic mass is 15.1. The van der Waals surface area contributed by atoms with Gasteiger partial charge >= 0.3 is 0 Å². The topological polar surface area (TPSA) is 79.4 Å². The molecule has 0 atom stereocenters. The van der Waals surface area contributed by atoms with E-state index < -0.39 is 0 Å². The van der Waals surface area contributed by atoms with Crippen LogP contribution in [-0.4, -0.2) is 25.1 Å². The molecule has 0 aliphatic carbocycles. The van der Waals surface area contributed by atoms with E-state index >= 15 is 0 Å². The lowest BCUT2D eigenvalue weighted by Crippen LogP contribution is -2.05. The summed E-state index contributed by atoms with van der Waals surface area (Å²) in [6.07, 6.45) is 3.52. The fourth-order valence-electron chi connectivity index (χ4n) is 2.84. The van der Waals surface area contributed by atoms with Crippen LogP contribution in [0, 0.1) is 13.8 Å². The summed E-state index contributed by atoms with van der Waals surface area (Å²) in [4.78, 5) is 13.6. The Kier molecular flexibility index (Phi) is 3.85. The molecule has 6 heteroatoms. The smallest absolute Gasteiger partial charge is 0.163 e. The fourth-order valence-corrected chi connectivity index (χ4v) is 2.84. The first-order valence-corrected chi connectivity index (χ1v) is 8.14. The molecule has 0 amide bonds. The van der Waals surface area contributed by atoms with Crippen molar-refractivity contribution in [3.8, 4) is 11.4 Å². The number of hydrogen-bond donors (Lipinski definition) is 2. The Balaban J connectivity index is 1.76. The summed E-state index contributed by atoms with van der Waals surface area (Å²) in [5.41, 5.74) is 5.02. The number of para-hydroxylation sites is 1. The van der Waals surface area contributed by atoms with E-state index in [1.165, 1.54) is 0 Å². The summed E-state index contributed by atoms with van der Waals surface area (Å²) in [7, 11) is 0. The van der Waals surface area contributed by atoms with E-state index in [4.69, 9.17) is 4.98 Å². The average molecular weight is 330 g/mol. The molecule has 6 nitrogen and oxygen atoms in total. The molecule has 0 fully saturated rings. The van der Waals surface area contributed by atoms with Gasteiger partial charge in [-0.3, -0.25) is 10.1 Å². The van der Waals surface area contributed by atoms with E-state index in [-0.39, 0.29) is 0 Å². The van der Waals surface area contributed by atoms with Gasteiger partial charge in [-0.05, 0) is 38.1 Å². The van der Waals surface area contributed by atoms with Gasteiger partial charge in [0, 0.05) is 41.1 Å². The van der Waals surface area contributed by atoms with Crippen molar-refractivity contribution in [3.05, 3.63) is 65.7 Å². The third-order valence-corrected chi connectivity index (χ3v) is 4.24. The minimum Gasteiger partial charge on any atom is -0.365 e. The summed E-state index contributed by atoms with van der Waals surface area (Å²) in [6.45, 7) is 4.68. The molecule has 0 spiro atoms. The molecule has 4 aromatic rings. The van der Waals surface area contributed by atoms with Crippen molar-refractivity contribution in [2.75, 3.05) is 5.32 Å². The van der Waals surface area contributed by atoms with Crippen LogP contribution in [0.3, 0.4) is 0 Å². The largest absolute Gasteiger partial charge is 0.365 e. The number of anilines is 1. The molecule has 124 valence electrons. The number of aryl methyl sites for hydroxylation is 2. The maximum atomic E-state index is 4.74. The molecule has 0 saturated heterocycles. The van der Waals surface area contributed by atoms with Gasteiger partial charge in [0.1, 0.15) is 5.82 Å². The van der Waals surface area contributed by atoms with E-state index in [1.807, 2.05) is 50.2 Å². The molecule has 0 unspecified atom stereocenters. The van der Waals surface area contributed by atoms with E-state index in [1.54, 1.807) is 12.4 Å². The minimum atomic E-state index is 0.654. The van der Waals surface area contributed by atoms with Gasteiger partial charge in [0.15, 0.2) is 5.82 Å². The highest BCUT2D eigenvalue weighted by Crippen LogP contribution is 2.25. The summed E-state index contributed by atoms with van der Waals surface area (Å²) in [5, 5.41) is 11.7. The molecule has 0 aliphatic heterocycles. The maximum absolute atomic E-state index is 4.74. The van der Waals surface area contributed by atoms with Crippen LogP contribution in [0.4, 0.5) is 5.82 Å². The maximum Gasteiger partial charge on any atom is 0.163 e. The highest BCUT2D eigenvalue weighted by molar-refractivity contribution is 5.90. The number of fused-ring (bicyclic) bond motifs is 1. The zero-order chi connectivity index (χ0) is 17.2. The summed E-state index contributed by atoms with van der Waals surface area (Å²) >= 11 is 0. The Labute approximate surface area is 145 Å². The second-order valence-corrected chi connectivity index (χ2v) is 5.92. The SMILES string of the molecule is Cc1n[nH]c(C)c1CNc1nc(-c2cccnc2)nc2ccccc12. The Morgan fingerprint density at radius 2 is 1.92 bits per heavy atom. The number of rotatable bonds is 4. The van der Waals surface area contributed by atoms with Gasteiger partial charge in [-0.15, -0.1) is 0 Å². The molecule has 2 N–H and O–H groups in total. The minimum absolute atomic E-state index is 0.654. The molecule has 0 aliphatic rings. The second-order valence-electron chi connectivity index (χ2n) is 5.92. The Morgan fingerprint density at radius 1 is 1.04 bits per heavy atom. The lowest BCUT2D eigenvalue weighted by atomic mass is 10.2. The van der Waals surface area contributed by atoms with Crippen molar-refractivity contribution in [2.45, 2.75) is 20.4 Å². The first kappa shape index (κ1) is 15.3. The summed E-state index contributed by atoms with van der Waals surface area (Å²) in [6, 6.07) is 11.9. The quantitative estimate of drug-likeness (QED) is 0.597. The number of hydrogen-bond acceptors (Lipinski definition) is 5. The lowest BCUT2D eigenvalue weighted by Gasteiger charge is -2.11. The summed E-state index contributed by atoms with van der Waals surface area (Å²) in [5.74, 6) is 1.47. The van der Waals surface area contributed by atoms with Crippen molar-refractivity contribution >= 4 is 16.7 Å². The zero-order valence-corrected chi connectivity index (χ0v) is 14.1. The molecule has 4 rings (SSSR count). The van der Waals surface area contributed by atoms with Crippen molar-refractivity contribution in [1.29, 1.82) is 0 Å². The highest BCUT2D eigenvalue weighted by Gasteiger charge is 2.11. The molecule has 1 aromatic carbocycles. The van der Waals surface area contributed by atoms with Crippen LogP contribution < -0.4 is 5.32 Å². The van der Waals surface area contributed by atoms with Gasteiger partial charge in [-0.25, -0.2) is 9.97 Å². The van der Waals surface area contributed by atoms with E-state index in [0.29, 0.717) is 12.4 Å². The van der Waals surface area contributed by atoms with Gasteiger partial charge < -0.3 is 5.32 Å². The Morgan fingerprint density at radius 3 is 2.68 bits per heavy atom. The zero-order valence-electron chi connectivity index (χ0n) is 14.1. The number of pyridine rings is 1. The molecular weight excluding hydrogens is 312 g/mol. The predicted octanol–water partition coefficient (Wildman–Crippen LogP) is 3.64. The lowest BCUT2D eigenvalue weighted by molar-refractivity contribution is 1.02. The third-order valence-electron chi connectivity index (χ3n) is 4.24. The first-order valence-electron chi connectivity index (χ1n) is 8.14. The molecular formula is C19H18N6. The van der Waals surface area contributed by atoms with Crippen LogP contribution in [0.5, 0.6) is 0 Å². The van der Waals surface area contributed by atoms with Crippen LogP contribution in [0.15, 0.2) is 48.8 Å². The van der Waals surface area contributed by atoms with E-state index in [2.05, 4.69) is 25.5 Å². The second kappa shape index (κ2) is 6.32. The van der Waals surface area contributed by atoms with Crippen molar-refractivity contribution in [3.63, 3.8) is 0 Å². The monoisotopic (exact) mass is 330 g/mol. The van der Waals surface area contributed by atoms with E-state index in [9.17, 15) is 0 Å². The molecule has 0 saturated carbocycles. The van der Waals surface area contributed by atoms with Crippen molar-refractivity contribution < 1.29 is 0 Å². The van der Waals surface area contributed by atoms with Gasteiger partial charge in [0.25, 0.3) is 0 Å². The number of aromatic amines is 1. The van der Waals surface area contributed by atoms with Crippen molar-refractivity contribution in [2.24, 2.45) is 0 Å². The van der Waals surface area contributed by atoms with Crippen LogP contribution in [0.25, 0.3) is 22.3 Å². The molecule has 25 heavy (non-hydrogen) atoms. The fraction of sp³-hybridized carbons (Fsp3) is 0.158. The van der Waals surface area contributed by atoms with Crippen molar-refractivity contribution in [1.82, 2.24) is 25.1 Å². The Hall–Kier alpha value is -3.28. The van der Waals surface area contributed by atoms with Crippen LogP contribution >= 0.6 is 0 Å². The van der Waals surface area contributed by atoms with Gasteiger partial charge in [-0.2, -0.15) is 5.10 Å². The number of nitrogens with zero attached hydrogens (tertiary/aromatic N) is 4. The number of aromatic nitrogens is 5.